The highest BCUT2D eigenvalue weighted by Gasteiger charge is 2.14. The quantitative estimate of drug-likeness (QED) is 0.927. The van der Waals surface area contributed by atoms with E-state index in [0.29, 0.717) is 22.7 Å². The zero-order valence-corrected chi connectivity index (χ0v) is 11.2. The van der Waals surface area contributed by atoms with E-state index in [-0.39, 0.29) is 5.91 Å². The van der Waals surface area contributed by atoms with Crippen LogP contribution in [0.15, 0.2) is 36.4 Å². The van der Waals surface area contributed by atoms with Gasteiger partial charge in [-0.2, -0.15) is 5.26 Å². The topological polar surface area (TPSA) is 75.0 Å². The van der Waals surface area contributed by atoms with Crippen LogP contribution in [0.3, 0.4) is 0 Å². The van der Waals surface area contributed by atoms with Crippen LogP contribution in [0.2, 0.25) is 0 Å². The van der Waals surface area contributed by atoms with Crippen LogP contribution in [0.25, 0.3) is 0 Å². The molecule has 1 amide bonds. The van der Waals surface area contributed by atoms with Crippen molar-refractivity contribution < 1.29 is 9.53 Å². The summed E-state index contributed by atoms with van der Waals surface area (Å²) >= 11 is 0. The lowest BCUT2D eigenvalue weighted by Crippen LogP contribution is -2.15. The maximum absolute atomic E-state index is 12.2. The van der Waals surface area contributed by atoms with Gasteiger partial charge in [0.1, 0.15) is 23.2 Å². The van der Waals surface area contributed by atoms with Crippen molar-refractivity contribution in [1.29, 1.82) is 5.26 Å². The number of amides is 1. The van der Waals surface area contributed by atoms with Gasteiger partial charge in [-0.05, 0) is 31.2 Å². The van der Waals surface area contributed by atoms with Gasteiger partial charge in [-0.25, -0.2) is 4.98 Å². The fraction of sp³-hybridized carbons (Fsp3) is 0.133. The van der Waals surface area contributed by atoms with Crippen molar-refractivity contribution in [3.63, 3.8) is 0 Å². The van der Waals surface area contributed by atoms with Gasteiger partial charge in [0, 0.05) is 5.69 Å². The number of nitrogens with zero attached hydrogens (tertiary/aromatic N) is 2. The SMILES string of the molecule is COc1cccc(C#N)c1NC(=O)c1cccc(C)n1. The standard InChI is InChI=1S/C15H13N3O2/c1-10-5-3-7-12(17-10)15(19)18-14-11(9-16)6-4-8-13(14)20-2/h3-8H,1-2H3,(H,18,19). The molecule has 0 aliphatic heterocycles. The van der Waals surface area contributed by atoms with Gasteiger partial charge < -0.3 is 10.1 Å². The number of hydrogen-bond acceptors (Lipinski definition) is 4. The van der Waals surface area contributed by atoms with Crippen LogP contribution in [-0.2, 0) is 0 Å². The molecule has 100 valence electrons. The molecule has 1 aromatic heterocycles. The summed E-state index contributed by atoms with van der Waals surface area (Å²) in [6, 6.07) is 12.2. The van der Waals surface area contributed by atoms with Crippen LogP contribution >= 0.6 is 0 Å². The molecular formula is C15H13N3O2. The van der Waals surface area contributed by atoms with Crippen LogP contribution in [0.4, 0.5) is 5.69 Å². The molecule has 0 fully saturated rings. The van der Waals surface area contributed by atoms with Crippen molar-refractivity contribution in [2.45, 2.75) is 6.92 Å². The van der Waals surface area contributed by atoms with E-state index in [1.165, 1.54) is 7.11 Å². The Morgan fingerprint density at radius 1 is 1.30 bits per heavy atom. The molecule has 0 aliphatic carbocycles. The summed E-state index contributed by atoms with van der Waals surface area (Å²) in [4.78, 5) is 16.3. The number of anilines is 1. The smallest absolute Gasteiger partial charge is 0.274 e. The van der Waals surface area contributed by atoms with Crippen molar-refractivity contribution in [3.8, 4) is 11.8 Å². The number of pyridine rings is 1. The lowest BCUT2D eigenvalue weighted by Gasteiger charge is -2.11. The van der Waals surface area contributed by atoms with E-state index in [1.807, 2.05) is 6.07 Å². The normalized spacial score (nSPS) is 9.65. The Morgan fingerprint density at radius 3 is 2.70 bits per heavy atom. The number of rotatable bonds is 3. The molecule has 1 aromatic carbocycles. The number of hydrogen-bond donors (Lipinski definition) is 1. The Hall–Kier alpha value is -2.87. The monoisotopic (exact) mass is 267 g/mol. The van der Waals surface area contributed by atoms with E-state index in [9.17, 15) is 4.79 Å². The Kier molecular flexibility index (Phi) is 3.96. The number of carbonyl (C=O) groups is 1. The predicted molar refractivity (Wildman–Crippen MR) is 74.6 cm³/mol. The molecule has 20 heavy (non-hydrogen) atoms. The number of methoxy groups -OCH3 is 1. The minimum absolute atomic E-state index is 0.291. The lowest BCUT2D eigenvalue weighted by molar-refractivity contribution is 0.102. The predicted octanol–water partition coefficient (Wildman–Crippen LogP) is 2.52. The van der Waals surface area contributed by atoms with Gasteiger partial charge in [-0.15, -0.1) is 0 Å². The Labute approximate surface area is 116 Å². The average molecular weight is 267 g/mol. The number of benzene rings is 1. The van der Waals surface area contributed by atoms with Crippen LogP contribution in [0.1, 0.15) is 21.7 Å². The number of aromatic nitrogens is 1. The first-order valence-electron chi connectivity index (χ1n) is 5.98. The number of nitriles is 1. The number of aryl methyl sites for hydroxylation is 1. The number of ether oxygens (including phenoxy) is 1. The van der Waals surface area contributed by atoms with E-state index >= 15 is 0 Å². The third-order valence-electron chi connectivity index (χ3n) is 2.73. The maximum Gasteiger partial charge on any atom is 0.274 e. The van der Waals surface area contributed by atoms with Crippen LogP contribution in [-0.4, -0.2) is 18.0 Å². The zero-order valence-electron chi connectivity index (χ0n) is 11.2. The molecule has 1 heterocycles. The summed E-state index contributed by atoms with van der Waals surface area (Å²) in [5.74, 6) is 0.0553. The number of para-hydroxylation sites is 1. The second kappa shape index (κ2) is 5.85. The minimum atomic E-state index is -0.380. The second-order valence-corrected chi connectivity index (χ2v) is 4.11. The molecule has 5 nitrogen and oxygen atoms in total. The van der Waals surface area contributed by atoms with Crippen LogP contribution < -0.4 is 10.1 Å². The lowest BCUT2D eigenvalue weighted by atomic mass is 10.1. The van der Waals surface area contributed by atoms with Crippen molar-refractivity contribution in [1.82, 2.24) is 4.98 Å². The van der Waals surface area contributed by atoms with Crippen LogP contribution in [0, 0.1) is 18.3 Å². The molecule has 0 atom stereocenters. The van der Waals surface area contributed by atoms with Gasteiger partial charge in [-0.1, -0.05) is 12.1 Å². The highest BCUT2D eigenvalue weighted by atomic mass is 16.5. The van der Waals surface area contributed by atoms with E-state index in [4.69, 9.17) is 10.00 Å². The summed E-state index contributed by atoms with van der Waals surface area (Å²) in [5, 5.41) is 11.8. The molecule has 0 radical (unpaired) electrons. The molecule has 2 aromatic rings. The van der Waals surface area contributed by atoms with Crippen molar-refractivity contribution in [3.05, 3.63) is 53.3 Å². The zero-order chi connectivity index (χ0) is 14.5. The number of nitrogens with one attached hydrogen (secondary N) is 1. The molecule has 0 saturated heterocycles. The van der Waals surface area contributed by atoms with Crippen molar-refractivity contribution in [2.24, 2.45) is 0 Å². The molecular weight excluding hydrogens is 254 g/mol. The highest BCUT2D eigenvalue weighted by molar-refractivity contribution is 6.04. The average Bonchev–Trinajstić information content (AvgIpc) is 2.47. The Bertz CT molecular complexity index is 690. The van der Waals surface area contributed by atoms with E-state index < -0.39 is 0 Å². The molecule has 1 N–H and O–H groups in total. The summed E-state index contributed by atoms with van der Waals surface area (Å²) in [6.45, 7) is 1.81. The second-order valence-electron chi connectivity index (χ2n) is 4.11. The van der Waals surface area contributed by atoms with E-state index in [0.717, 1.165) is 5.69 Å². The Balaban J connectivity index is 2.35. The first kappa shape index (κ1) is 13.6. The van der Waals surface area contributed by atoms with Gasteiger partial charge >= 0.3 is 0 Å². The fourth-order valence-corrected chi connectivity index (χ4v) is 1.77. The van der Waals surface area contributed by atoms with Crippen LogP contribution in [0.5, 0.6) is 5.75 Å². The van der Waals surface area contributed by atoms with E-state index in [1.54, 1.807) is 43.3 Å². The van der Waals surface area contributed by atoms with Crippen molar-refractivity contribution >= 4 is 11.6 Å². The summed E-state index contributed by atoms with van der Waals surface area (Å²) in [7, 11) is 1.48. The van der Waals surface area contributed by atoms with Gasteiger partial charge in [0.2, 0.25) is 0 Å². The molecule has 2 rings (SSSR count). The molecule has 0 unspecified atom stereocenters. The Morgan fingerprint density at radius 2 is 2.05 bits per heavy atom. The fourth-order valence-electron chi connectivity index (χ4n) is 1.77. The molecule has 0 bridgehead atoms. The largest absolute Gasteiger partial charge is 0.495 e. The third-order valence-corrected chi connectivity index (χ3v) is 2.73. The molecule has 0 aliphatic rings. The van der Waals surface area contributed by atoms with Gasteiger partial charge in [0.15, 0.2) is 0 Å². The molecule has 0 spiro atoms. The van der Waals surface area contributed by atoms with Gasteiger partial charge in [0.05, 0.1) is 12.7 Å². The number of carbonyl (C=O) groups excluding carboxylic acids is 1. The highest BCUT2D eigenvalue weighted by Crippen LogP contribution is 2.28. The van der Waals surface area contributed by atoms with Gasteiger partial charge in [0.25, 0.3) is 5.91 Å². The maximum atomic E-state index is 12.2. The van der Waals surface area contributed by atoms with E-state index in [2.05, 4.69) is 10.3 Å². The van der Waals surface area contributed by atoms with Gasteiger partial charge in [-0.3, -0.25) is 4.79 Å². The first-order chi connectivity index (χ1) is 9.65. The summed E-state index contributed by atoms with van der Waals surface area (Å²) in [5.41, 5.74) is 1.73. The minimum Gasteiger partial charge on any atom is -0.495 e. The summed E-state index contributed by atoms with van der Waals surface area (Å²) < 4.78 is 5.16. The molecule has 5 heteroatoms. The van der Waals surface area contributed by atoms with Crippen molar-refractivity contribution in [2.75, 3.05) is 12.4 Å². The molecule has 0 saturated carbocycles. The summed E-state index contributed by atoms with van der Waals surface area (Å²) in [6.07, 6.45) is 0. The third kappa shape index (κ3) is 2.75. The first-order valence-corrected chi connectivity index (χ1v) is 5.98.